The molecular formula is C24H45N7O6. The van der Waals surface area contributed by atoms with Crippen LogP contribution < -0.4 is 38.1 Å². The van der Waals surface area contributed by atoms with Crippen molar-refractivity contribution < 1.29 is 28.8 Å². The van der Waals surface area contributed by atoms with Crippen molar-refractivity contribution in [3.63, 3.8) is 0 Å². The largest absolute Gasteiger partial charge is 0.368 e. The Labute approximate surface area is 219 Å². The van der Waals surface area contributed by atoms with Crippen LogP contribution in [0.5, 0.6) is 0 Å². The molecule has 0 aliphatic rings. The molecule has 4 atom stereocenters. The van der Waals surface area contributed by atoms with Gasteiger partial charge in [-0.15, -0.1) is 0 Å². The lowest BCUT2D eigenvalue weighted by atomic mass is 10.0. The summed E-state index contributed by atoms with van der Waals surface area (Å²) >= 11 is 0. The zero-order chi connectivity index (χ0) is 28.7. The van der Waals surface area contributed by atoms with E-state index >= 15 is 0 Å². The zero-order valence-corrected chi connectivity index (χ0v) is 22.8. The Morgan fingerprint density at radius 3 is 1.84 bits per heavy atom. The Kier molecular flexibility index (Phi) is 15.8. The first-order valence-corrected chi connectivity index (χ1v) is 12.6. The van der Waals surface area contributed by atoms with Gasteiger partial charge in [0.25, 0.3) is 0 Å². The molecule has 0 aromatic heterocycles. The van der Waals surface area contributed by atoms with Crippen LogP contribution in [-0.2, 0) is 28.8 Å². The van der Waals surface area contributed by atoms with Gasteiger partial charge in [0.05, 0.1) is 6.54 Å². The highest BCUT2D eigenvalue weighted by molar-refractivity contribution is 5.95. The Hall–Kier alpha value is -3.22. The van der Waals surface area contributed by atoms with E-state index in [0.717, 1.165) is 0 Å². The second-order valence-electron chi connectivity index (χ2n) is 9.87. The minimum atomic E-state index is -1.01. The molecule has 13 nitrogen and oxygen atoms in total. The van der Waals surface area contributed by atoms with Crippen molar-refractivity contribution in [2.75, 3.05) is 13.1 Å². The van der Waals surface area contributed by atoms with Crippen LogP contribution in [0.25, 0.3) is 0 Å². The van der Waals surface area contributed by atoms with Gasteiger partial charge in [-0.2, -0.15) is 0 Å². The summed E-state index contributed by atoms with van der Waals surface area (Å²) in [6, 6.07) is -3.65. The van der Waals surface area contributed by atoms with Crippen molar-refractivity contribution in [2.45, 2.75) is 91.4 Å². The number of carbonyl (C=O) groups is 6. The molecule has 0 bridgehead atoms. The highest BCUT2D eigenvalue weighted by Crippen LogP contribution is 2.08. The molecule has 0 aliphatic carbocycles. The van der Waals surface area contributed by atoms with Gasteiger partial charge in [0.1, 0.15) is 24.2 Å². The van der Waals surface area contributed by atoms with Gasteiger partial charge in [-0.3, -0.25) is 28.8 Å². The number of amides is 6. The number of unbranched alkanes of at least 4 members (excludes halogenated alkanes) is 1. The third-order valence-electron chi connectivity index (χ3n) is 5.45. The number of nitrogens with one attached hydrogen (secondary N) is 5. The van der Waals surface area contributed by atoms with Crippen LogP contribution in [-0.4, -0.2) is 72.7 Å². The Bertz CT molecular complexity index is 802. The molecule has 13 heteroatoms. The van der Waals surface area contributed by atoms with E-state index in [4.69, 9.17) is 11.5 Å². The molecule has 0 saturated carbocycles. The number of rotatable bonds is 17. The number of carbonyl (C=O) groups excluding carboxylic acids is 6. The topological polar surface area (TPSA) is 215 Å². The fourth-order valence-corrected chi connectivity index (χ4v) is 3.47. The highest BCUT2D eigenvalue weighted by atomic mass is 16.2. The van der Waals surface area contributed by atoms with Crippen molar-refractivity contribution in [1.29, 1.82) is 0 Å². The molecule has 0 fully saturated rings. The molecule has 6 amide bonds. The number of primary amides is 1. The Balaban J connectivity index is 5.11. The second-order valence-corrected chi connectivity index (χ2v) is 9.87. The van der Waals surface area contributed by atoms with Crippen LogP contribution in [0.4, 0.5) is 0 Å². The molecule has 212 valence electrons. The number of nitrogens with two attached hydrogens (primary N) is 2. The summed E-state index contributed by atoms with van der Waals surface area (Å²) in [4.78, 5) is 73.3. The van der Waals surface area contributed by atoms with E-state index in [1.165, 1.54) is 13.8 Å². The van der Waals surface area contributed by atoms with E-state index in [1.807, 2.05) is 13.8 Å². The van der Waals surface area contributed by atoms with E-state index in [9.17, 15) is 28.8 Å². The fourth-order valence-electron chi connectivity index (χ4n) is 3.47. The van der Waals surface area contributed by atoms with Gasteiger partial charge in [0.2, 0.25) is 35.4 Å². The van der Waals surface area contributed by atoms with Crippen molar-refractivity contribution in [3.8, 4) is 0 Å². The highest BCUT2D eigenvalue weighted by Gasteiger charge is 2.29. The van der Waals surface area contributed by atoms with Crippen molar-refractivity contribution in [1.82, 2.24) is 26.6 Å². The average molecular weight is 528 g/mol. The lowest BCUT2D eigenvalue weighted by Crippen LogP contribution is -2.57. The summed E-state index contributed by atoms with van der Waals surface area (Å²) in [5.41, 5.74) is 10.8. The Morgan fingerprint density at radius 1 is 0.757 bits per heavy atom. The van der Waals surface area contributed by atoms with Crippen molar-refractivity contribution in [2.24, 2.45) is 23.3 Å². The summed E-state index contributed by atoms with van der Waals surface area (Å²) in [7, 11) is 0. The van der Waals surface area contributed by atoms with Crippen molar-refractivity contribution in [3.05, 3.63) is 0 Å². The maximum Gasteiger partial charge on any atom is 0.243 e. The van der Waals surface area contributed by atoms with Crippen LogP contribution in [0.2, 0.25) is 0 Å². The normalized spacial score (nSPS) is 14.2. The summed E-state index contributed by atoms with van der Waals surface area (Å²) in [6.07, 6.45) is 1.98. The third kappa shape index (κ3) is 14.2. The molecule has 0 aromatic rings. The van der Waals surface area contributed by atoms with Crippen molar-refractivity contribution >= 4 is 35.4 Å². The first kappa shape index (κ1) is 33.8. The molecule has 9 N–H and O–H groups in total. The molecule has 0 aromatic carbocycles. The molecular weight excluding hydrogens is 482 g/mol. The lowest BCUT2D eigenvalue weighted by molar-refractivity contribution is -0.134. The minimum Gasteiger partial charge on any atom is -0.368 e. The molecule has 0 spiro atoms. The maximum absolute atomic E-state index is 12.9. The molecule has 37 heavy (non-hydrogen) atoms. The van der Waals surface area contributed by atoms with Crippen LogP contribution in [0.1, 0.15) is 67.2 Å². The zero-order valence-electron chi connectivity index (χ0n) is 22.8. The maximum atomic E-state index is 12.9. The summed E-state index contributed by atoms with van der Waals surface area (Å²) in [5.74, 6) is -3.56. The first-order valence-electron chi connectivity index (χ1n) is 12.6. The van der Waals surface area contributed by atoms with Gasteiger partial charge in [-0.25, -0.2) is 0 Å². The molecule has 0 saturated heterocycles. The summed E-state index contributed by atoms with van der Waals surface area (Å²) in [6.45, 7) is 9.98. The SMILES string of the molecule is CC(=O)N[C@@H](CCCCN)C(=O)N[C@@H](CC(C)C)C(=O)N[C@@H](C)C(=O)NCC(=O)N[C@H](C(N)=O)C(C)C. The Morgan fingerprint density at radius 2 is 1.35 bits per heavy atom. The third-order valence-corrected chi connectivity index (χ3v) is 5.45. The van der Waals surface area contributed by atoms with Crippen LogP contribution in [0.15, 0.2) is 0 Å². The van der Waals surface area contributed by atoms with Crippen LogP contribution in [0.3, 0.4) is 0 Å². The fraction of sp³-hybridized carbons (Fsp3) is 0.750. The van der Waals surface area contributed by atoms with E-state index in [-0.39, 0.29) is 17.7 Å². The monoisotopic (exact) mass is 527 g/mol. The van der Waals surface area contributed by atoms with Gasteiger partial charge in [-0.05, 0) is 51.0 Å². The van der Waals surface area contributed by atoms with E-state index < -0.39 is 60.2 Å². The van der Waals surface area contributed by atoms with E-state index in [2.05, 4.69) is 26.6 Å². The molecule has 0 heterocycles. The lowest BCUT2D eigenvalue weighted by Gasteiger charge is -2.25. The molecule has 0 rings (SSSR count). The number of hydrogen-bond acceptors (Lipinski definition) is 7. The molecule has 0 aliphatic heterocycles. The predicted octanol–water partition coefficient (Wildman–Crippen LogP) is -1.60. The quantitative estimate of drug-likeness (QED) is 0.110. The van der Waals surface area contributed by atoms with Crippen LogP contribution in [0, 0.1) is 11.8 Å². The van der Waals surface area contributed by atoms with Gasteiger partial charge >= 0.3 is 0 Å². The summed E-state index contributed by atoms with van der Waals surface area (Å²) in [5, 5.41) is 12.7. The second kappa shape index (κ2) is 17.3. The number of hydrogen-bond donors (Lipinski definition) is 7. The predicted molar refractivity (Wildman–Crippen MR) is 138 cm³/mol. The van der Waals surface area contributed by atoms with E-state index in [0.29, 0.717) is 32.2 Å². The average Bonchev–Trinajstić information content (AvgIpc) is 2.78. The van der Waals surface area contributed by atoms with Gasteiger partial charge in [0, 0.05) is 6.92 Å². The first-order chi connectivity index (χ1) is 17.2. The molecule has 0 unspecified atom stereocenters. The van der Waals surface area contributed by atoms with Gasteiger partial charge in [-0.1, -0.05) is 27.7 Å². The smallest absolute Gasteiger partial charge is 0.243 e. The summed E-state index contributed by atoms with van der Waals surface area (Å²) < 4.78 is 0. The van der Waals surface area contributed by atoms with Gasteiger partial charge < -0.3 is 38.1 Å². The van der Waals surface area contributed by atoms with Crippen LogP contribution >= 0.6 is 0 Å². The standard InChI is InChI=1S/C24H45N7O6/c1-13(2)11-18(30-23(36)17(29-16(6)32)9-7-8-10-25)24(37)28-15(5)22(35)27-12-19(33)31-20(14(3)4)21(26)34/h13-15,17-18,20H,7-12,25H2,1-6H3,(H2,26,34)(H,27,35)(H,28,37)(H,29,32)(H,30,36)(H,31,33)/t15-,17-,18-,20-/m0/s1. The van der Waals surface area contributed by atoms with Gasteiger partial charge in [0.15, 0.2) is 0 Å². The van der Waals surface area contributed by atoms with E-state index in [1.54, 1.807) is 13.8 Å². The molecule has 0 radical (unpaired) electrons. The minimum absolute atomic E-state index is 0.0412.